The highest BCUT2D eigenvalue weighted by Crippen LogP contribution is 2.22. The molecule has 0 fully saturated rings. The van der Waals surface area contributed by atoms with Crippen LogP contribution in [-0.2, 0) is 0 Å². The van der Waals surface area contributed by atoms with Gasteiger partial charge in [-0.1, -0.05) is 0 Å². The predicted molar refractivity (Wildman–Crippen MR) is 72.8 cm³/mol. The lowest BCUT2D eigenvalue weighted by Crippen LogP contribution is -2.20. The van der Waals surface area contributed by atoms with Gasteiger partial charge >= 0.3 is 0 Å². The summed E-state index contributed by atoms with van der Waals surface area (Å²) in [4.78, 5) is 2.19. The fourth-order valence-electron chi connectivity index (χ4n) is 1.67. The highest BCUT2D eigenvalue weighted by molar-refractivity contribution is 5.52. The van der Waals surface area contributed by atoms with Gasteiger partial charge in [-0.15, -0.1) is 0 Å². The molecule has 0 aliphatic carbocycles. The van der Waals surface area contributed by atoms with Gasteiger partial charge in [0.1, 0.15) is 0 Å². The monoisotopic (exact) mass is 231 g/mol. The zero-order chi connectivity index (χ0) is 12.9. The molecule has 1 rings (SSSR count). The second-order valence-electron chi connectivity index (χ2n) is 5.11. The molecule has 0 atom stereocenters. The molecule has 0 radical (unpaired) electrons. The molecule has 0 amide bonds. The van der Waals surface area contributed by atoms with Crippen LogP contribution in [0.15, 0.2) is 24.3 Å². The zero-order valence-electron chi connectivity index (χ0n) is 10.9. The van der Waals surface area contributed by atoms with E-state index in [9.17, 15) is 0 Å². The van der Waals surface area contributed by atoms with Gasteiger partial charge in [0.2, 0.25) is 0 Å². The van der Waals surface area contributed by atoms with Crippen LogP contribution in [0.3, 0.4) is 0 Å². The normalized spacial score (nSPS) is 10.9. The first kappa shape index (κ1) is 13.4. The van der Waals surface area contributed by atoms with Crippen molar-refractivity contribution < 1.29 is 0 Å². The third-order valence-corrected chi connectivity index (χ3v) is 2.93. The van der Waals surface area contributed by atoms with Crippen LogP contribution in [0, 0.1) is 16.7 Å². The number of nitrogens with zero attached hydrogens (tertiary/aromatic N) is 2. The summed E-state index contributed by atoms with van der Waals surface area (Å²) in [6, 6.07) is 10.2. The largest absolute Gasteiger partial charge is 0.399 e. The molecule has 1 aromatic rings. The molecule has 0 aromatic heterocycles. The van der Waals surface area contributed by atoms with Crippen LogP contribution in [0.1, 0.15) is 26.7 Å². The summed E-state index contributed by atoms with van der Waals surface area (Å²) in [5, 5.41) is 8.93. The SMILES string of the molecule is CN(CCCC(C)(C)C#N)c1ccc(N)cc1. The number of nitriles is 1. The van der Waals surface area contributed by atoms with Crippen molar-refractivity contribution in [3.63, 3.8) is 0 Å². The van der Waals surface area contributed by atoms with Gasteiger partial charge in [0.05, 0.1) is 11.5 Å². The van der Waals surface area contributed by atoms with Gasteiger partial charge in [-0.2, -0.15) is 5.26 Å². The number of nitrogens with two attached hydrogens (primary N) is 1. The van der Waals surface area contributed by atoms with Crippen molar-refractivity contribution in [3.8, 4) is 6.07 Å². The van der Waals surface area contributed by atoms with Crippen molar-refractivity contribution >= 4 is 11.4 Å². The molecule has 0 unspecified atom stereocenters. The Balaban J connectivity index is 2.43. The number of hydrogen-bond acceptors (Lipinski definition) is 3. The van der Waals surface area contributed by atoms with Crippen LogP contribution in [0.25, 0.3) is 0 Å². The van der Waals surface area contributed by atoms with Crippen molar-refractivity contribution in [1.29, 1.82) is 5.26 Å². The topological polar surface area (TPSA) is 53.0 Å². The first-order valence-corrected chi connectivity index (χ1v) is 5.92. The molecule has 17 heavy (non-hydrogen) atoms. The lowest BCUT2D eigenvalue weighted by molar-refractivity contribution is 0.436. The maximum absolute atomic E-state index is 8.93. The minimum absolute atomic E-state index is 0.220. The summed E-state index contributed by atoms with van der Waals surface area (Å²) in [5.41, 5.74) is 7.37. The van der Waals surface area contributed by atoms with E-state index in [1.54, 1.807) is 0 Å². The van der Waals surface area contributed by atoms with Crippen molar-refractivity contribution in [2.45, 2.75) is 26.7 Å². The van der Waals surface area contributed by atoms with Gasteiger partial charge in [0.15, 0.2) is 0 Å². The molecule has 0 aliphatic heterocycles. The first-order chi connectivity index (χ1) is 7.94. The highest BCUT2D eigenvalue weighted by atomic mass is 15.1. The van der Waals surface area contributed by atoms with E-state index in [0.29, 0.717) is 0 Å². The second kappa shape index (κ2) is 5.58. The molecule has 0 heterocycles. The van der Waals surface area contributed by atoms with Gasteiger partial charge < -0.3 is 10.6 Å². The lowest BCUT2D eigenvalue weighted by Gasteiger charge is -2.21. The highest BCUT2D eigenvalue weighted by Gasteiger charge is 2.16. The Morgan fingerprint density at radius 1 is 1.29 bits per heavy atom. The third kappa shape index (κ3) is 4.36. The molecule has 0 saturated heterocycles. The summed E-state index contributed by atoms with van der Waals surface area (Å²) < 4.78 is 0. The Bertz CT molecular complexity index is 387. The average molecular weight is 231 g/mol. The van der Waals surface area contributed by atoms with Crippen LogP contribution < -0.4 is 10.6 Å². The van der Waals surface area contributed by atoms with Gasteiger partial charge in [0, 0.05) is 25.0 Å². The van der Waals surface area contributed by atoms with E-state index in [-0.39, 0.29) is 5.41 Å². The standard InChI is InChI=1S/C14H21N3/c1-14(2,11-15)9-4-10-17(3)13-7-5-12(16)6-8-13/h5-8H,4,9-10,16H2,1-3H3. The summed E-state index contributed by atoms with van der Waals surface area (Å²) >= 11 is 0. The number of benzene rings is 1. The van der Waals surface area contributed by atoms with E-state index < -0.39 is 0 Å². The van der Waals surface area contributed by atoms with E-state index in [0.717, 1.165) is 30.8 Å². The molecule has 92 valence electrons. The zero-order valence-corrected chi connectivity index (χ0v) is 10.9. The maximum atomic E-state index is 8.93. The van der Waals surface area contributed by atoms with Gasteiger partial charge in [-0.05, 0) is 51.0 Å². The van der Waals surface area contributed by atoms with Gasteiger partial charge in [-0.25, -0.2) is 0 Å². The smallest absolute Gasteiger partial charge is 0.0683 e. The summed E-state index contributed by atoms with van der Waals surface area (Å²) in [6.45, 7) is 4.92. The fourth-order valence-corrected chi connectivity index (χ4v) is 1.67. The molecule has 0 bridgehead atoms. The minimum Gasteiger partial charge on any atom is -0.399 e. The van der Waals surface area contributed by atoms with E-state index in [1.165, 1.54) is 0 Å². The Kier molecular flexibility index (Phi) is 4.39. The predicted octanol–water partition coefficient (Wildman–Crippen LogP) is 3.03. The lowest BCUT2D eigenvalue weighted by atomic mass is 9.90. The van der Waals surface area contributed by atoms with Crippen LogP contribution >= 0.6 is 0 Å². The van der Waals surface area contributed by atoms with Crippen LogP contribution in [0.2, 0.25) is 0 Å². The third-order valence-electron chi connectivity index (χ3n) is 2.93. The molecule has 0 saturated carbocycles. The quantitative estimate of drug-likeness (QED) is 0.792. The molecule has 0 aliphatic rings. The summed E-state index contributed by atoms with van der Waals surface area (Å²) in [5.74, 6) is 0. The molecular formula is C14H21N3. The first-order valence-electron chi connectivity index (χ1n) is 5.92. The Morgan fingerprint density at radius 2 is 1.88 bits per heavy atom. The van der Waals surface area contributed by atoms with E-state index in [2.05, 4.69) is 18.0 Å². The van der Waals surface area contributed by atoms with E-state index in [4.69, 9.17) is 11.0 Å². The maximum Gasteiger partial charge on any atom is 0.0683 e. The molecule has 2 N–H and O–H groups in total. The molecular weight excluding hydrogens is 210 g/mol. The molecule has 3 heteroatoms. The Morgan fingerprint density at radius 3 is 2.41 bits per heavy atom. The van der Waals surface area contributed by atoms with Crippen molar-refractivity contribution in [1.82, 2.24) is 0 Å². The van der Waals surface area contributed by atoms with E-state index >= 15 is 0 Å². The number of hydrogen-bond donors (Lipinski definition) is 1. The van der Waals surface area contributed by atoms with Crippen molar-refractivity contribution in [3.05, 3.63) is 24.3 Å². The number of rotatable bonds is 5. The van der Waals surface area contributed by atoms with E-state index in [1.807, 2.05) is 38.1 Å². The van der Waals surface area contributed by atoms with Crippen LogP contribution in [-0.4, -0.2) is 13.6 Å². The summed E-state index contributed by atoms with van der Waals surface area (Å²) in [6.07, 6.45) is 1.93. The summed E-state index contributed by atoms with van der Waals surface area (Å²) in [7, 11) is 2.06. The molecule has 3 nitrogen and oxygen atoms in total. The number of anilines is 2. The molecule has 0 spiro atoms. The van der Waals surface area contributed by atoms with Gasteiger partial charge in [0.25, 0.3) is 0 Å². The molecule has 1 aromatic carbocycles. The van der Waals surface area contributed by atoms with Crippen LogP contribution in [0.4, 0.5) is 11.4 Å². The van der Waals surface area contributed by atoms with Crippen LogP contribution in [0.5, 0.6) is 0 Å². The average Bonchev–Trinajstić information content (AvgIpc) is 2.29. The Hall–Kier alpha value is -1.69. The Labute approximate surface area is 104 Å². The minimum atomic E-state index is -0.220. The van der Waals surface area contributed by atoms with Crippen molar-refractivity contribution in [2.75, 3.05) is 24.2 Å². The van der Waals surface area contributed by atoms with Crippen molar-refractivity contribution in [2.24, 2.45) is 5.41 Å². The second-order valence-corrected chi connectivity index (χ2v) is 5.11. The number of nitrogen functional groups attached to an aromatic ring is 1. The van der Waals surface area contributed by atoms with Gasteiger partial charge in [-0.3, -0.25) is 0 Å². The fraction of sp³-hybridized carbons (Fsp3) is 0.500.